The van der Waals surface area contributed by atoms with Crippen LogP contribution in [0, 0.1) is 6.92 Å². The average Bonchev–Trinajstić information content (AvgIpc) is 3.11. The number of aryl methyl sites for hydroxylation is 1. The van der Waals surface area contributed by atoms with Crippen LogP contribution >= 0.6 is 15.9 Å². The lowest BCUT2D eigenvalue weighted by Gasteiger charge is -2.18. The molecule has 0 unspecified atom stereocenters. The van der Waals surface area contributed by atoms with Gasteiger partial charge in [0.2, 0.25) is 0 Å². The van der Waals surface area contributed by atoms with Gasteiger partial charge >= 0.3 is 0 Å². The Bertz CT molecular complexity index is 952. The Morgan fingerprint density at radius 3 is 2.54 bits per heavy atom. The van der Waals surface area contributed by atoms with Gasteiger partial charge in [0.1, 0.15) is 18.1 Å². The van der Waals surface area contributed by atoms with Gasteiger partial charge in [-0.25, -0.2) is 0 Å². The molecule has 0 fully saturated rings. The Labute approximate surface area is 173 Å². The van der Waals surface area contributed by atoms with Crippen molar-refractivity contribution in [2.75, 3.05) is 14.2 Å². The van der Waals surface area contributed by atoms with E-state index in [0.717, 1.165) is 17.1 Å². The number of ether oxygens (including phenoxy) is 2. The van der Waals surface area contributed by atoms with E-state index in [2.05, 4.69) is 15.9 Å². The number of benzene rings is 2. The fourth-order valence-corrected chi connectivity index (χ4v) is 3.37. The lowest BCUT2D eigenvalue weighted by molar-refractivity contribution is 0.0774. The zero-order valence-electron chi connectivity index (χ0n) is 16.1. The standard InChI is InChI=1S/C22H22BrNO4/c1-15-9-10-18(28-15)13-24(2)22(25)17-11-19(23)21(20(12-17)26-3)27-14-16-7-5-4-6-8-16/h4-12H,13-14H2,1-3H3. The number of carbonyl (C=O) groups is 1. The predicted octanol–water partition coefficient (Wildman–Crippen LogP) is 5.21. The van der Waals surface area contributed by atoms with Gasteiger partial charge in [0.05, 0.1) is 18.1 Å². The molecule has 1 amide bonds. The Morgan fingerprint density at radius 1 is 1.14 bits per heavy atom. The number of furan rings is 1. The van der Waals surface area contributed by atoms with Crippen LogP contribution in [-0.4, -0.2) is 25.0 Å². The molecule has 3 rings (SSSR count). The summed E-state index contributed by atoms with van der Waals surface area (Å²) in [5.74, 6) is 2.48. The van der Waals surface area contributed by atoms with Gasteiger partial charge in [-0.1, -0.05) is 30.3 Å². The van der Waals surface area contributed by atoms with Crippen molar-refractivity contribution in [3.8, 4) is 11.5 Å². The summed E-state index contributed by atoms with van der Waals surface area (Å²) in [6.45, 7) is 2.67. The third-order valence-electron chi connectivity index (χ3n) is 4.24. The molecule has 0 spiro atoms. The van der Waals surface area contributed by atoms with Crippen molar-refractivity contribution in [1.82, 2.24) is 4.90 Å². The number of halogens is 1. The first-order valence-electron chi connectivity index (χ1n) is 8.83. The largest absolute Gasteiger partial charge is 0.493 e. The van der Waals surface area contributed by atoms with Crippen molar-refractivity contribution in [2.24, 2.45) is 0 Å². The molecule has 0 saturated carbocycles. The van der Waals surface area contributed by atoms with Crippen molar-refractivity contribution in [1.29, 1.82) is 0 Å². The lowest BCUT2D eigenvalue weighted by Crippen LogP contribution is -2.26. The highest BCUT2D eigenvalue weighted by molar-refractivity contribution is 9.10. The summed E-state index contributed by atoms with van der Waals surface area (Å²) in [4.78, 5) is 14.4. The Hall–Kier alpha value is -2.73. The van der Waals surface area contributed by atoms with Crippen LogP contribution < -0.4 is 9.47 Å². The highest BCUT2D eigenvalue weighted by atomic mass is 79.9. The molecule has 0 aliphatic heterocycles. The van der Waals surface area contributed by atoms with Crippen molar-refractivity contribution in [2.45, 2.75) is 20.1 Å². The van der Waals surface area contributed by atoms with Crippen molar-refractivity contribution >= 4 is 21.8 Å². The SMILES string of the molecule is COc1cc(C(=O)N(C)Cc2ccc(C)o2)cc(Br)c1OCc1ccccc1. The lowest BCUT2D eigenvalue weighted by atomic mass is 10.1. The van der Waals surface area contributed by atoms with Gasteiger partial charge in [-0.2, -0.15) is 0 Å². The van der Waals surface area contributed by atoms with E-state index in [-0.39, 0.29) is 5.91 Å². The molecular weight excluding hydrogens is 422 g/mol. The van der Waals surface area contributed by atoms with Crippen LogP contribution in [0.4, 0.5) is 0 Å². The summed E-state index contributed by atoms with van der Waals surface area (Å²) >= 11 is 3.51. The van der Waals surface area contributed by atoms with Gasteiger partial charge in [0.15, 0.2) is 11.5 Å². The van der Waals surface area contributed by atoms with E-state index in [9.17, 15) is 4.79 Å². The molecule has 0 aliphatic rings. The van der Waals surface area contributed by atoms with Gasteiger partial charge in [-0.3, -0.25) is 4.79 Å². The summed E-state index contributed by atoms with van der Waals surface area (Å²) in [6, 6.07) is 17.1. The first-order valence-corrected chi connectivity index (χ1v) is 9.62. The van der Waals surface area contributed by atoms with Crippen LogP contribution in [-0.2, 0) is 13.2 Å². The van der Waals surface area contributed by atoms with Crippen LogP contribution in [0.1, 0.15) is 27.4 Å². The van der Waals surface area contributed by atoms with Gasteiger partial charge in [-0.15, -0.1) is 0 Å². The summed E-state index contributed by atoms with van der Waals surface area (Å²) in [7, 11) is 3.29. The smallest absolute Gasteiger partial charge is 0.254 e. The number of rotatable bonds is 7. The van der Waals surface area contributed by atoms with Gasteiger partial charge in [0.25, 0.3) is 5.91 Å². The summed E-state index contributed by atoms with van der Waals surface area (Å²) < 4.78 is 17.6. The summed E-state index contributed by atoms with van der Waals surface area (Å²) in [5.41, 5.74) is 1.55. The molecule has 0 bridgehead atoms. The first-order chi connectivity index (χ1) is 13.5. The fourth-order valence-electron chi connectivity index (χ4n) is 2.81. The number of nitrogens with zero attached hydrogens (tertiary/aromatic N) is 1. The molecule has 1 aromatic heterocycles. The van der Waals surface area contributed by atoms with E-state index in [1.807, 2.05) is 49.4 Å². The number of methoxy groups -OCH3 is 1. The quantitative estimate of drug-likeness (QED) is 0.502. The zero-order chi connectivity index (χ0) is 20.1. The van der Waals surface area contributed by atoms with Crippen molar-refractivity contribution in [3.63, 3.8) is 0 Å². The third-order valence-corrected chi connectivity index (χ3v) is 4.83. The molecule has 0 aliphatic carbocycles. The Kier molecular flexibility index (Phi) is 6.41. The minimum atomic E-state index is -0.136. The molecule has 0 atom stereocenters. The summed E-state index contributed by atoms with van der Waals surface area (Å²) in [5, 5.41) is 0. The normalized spacial score (nSPS) is 10.6. The number of hydrogen-bond acceptors (Lipinski definition) is 4. The maximum absolute atomic E-state index is 12.8. The zero-order valence-corrected chi connectivity index (χ0v) is 17.7. The maximum Gasteiger partial charge on any atom is 0.254 e. The van der Waals surface area contributed by atoms with Gasteiger partial charge in [0, 0.05) is 12.6 Å². The minimum Gasteiger partial charge on any atom is -0.493 e. The van der Waals surface area contributed by atoms with Crippen LogP contribution in [0.2, 0.25) is 0 Å². The molecule has 146 valence electrons. The number of hydrogen-bond donors (Lipinski definition) is 0. The molecule has 28 heavy (non-hydrogen) atoms. The van der Waals surface area contributed by atoms with Crippen molar-refractivity contribution in [3.05, 3.63) is 81.7 Å². The van der Waals surface area contributed by atoms with E-state index >= 15 is 0 Å². The minimum absolute atomic E-state index is 0.136. The molecule has 0 saturated heterocycles. The second kappa shape index (κ2) is 8.97. The molecule has 3 aromatic rings. The van der Waals surface area contributed by atoms with E-state index in [1.54, 1.807) is 31.2 Å². The predicted molar refractivity (Wildman–Crippen MR) is 111 cm³/mol. The van der Waals surface area contributed by atoms with Crippen LogP contribution in [0.15, 0.2) is 63.5 Å². The third kappa shape index (κ3) is 4.75. The molecule has 2 aromatic carbocycles. The molecule has 0 N–H and O–H groups in total. The maximum atomic E-state index is 12.8. The second-order valence-corrected chi connectivity index (χ2v) is 7.29. The molecule has 6 heteroatoms. The molecule has 0 radical (unpaired) electrons. The molecule has 5 nitrogen and oxygen atoms in total. The van der Waals surface area contributed by atoms with Gasteiger partial charge < -0.3 is 18.8 Å². The average molecular weight is 444 g/mol. The molecular formula is C22H22BrNO4. The van der Waals surface area contributed by atoms with E-state index in [4.69, 9.17) is 13.9 Å². The Balaban J connectivity index is 1.76. The fraction of sp³-hybridized carbons (Fsp3) is 0.227. The van der Waals surface area contributed by atoms with Gasteiger partial charge in [-0.05, 0) is 52.7 Å². The van der Waals surface area contributed by atoms with E-state index < -0.39 is 0 Å². The highest BCUT2D eigenvalue weighted by Crippen LogP contribution is 2.37. The highest BCUT2D eigenvalue weighted by Gasteiger charge is 2.19. The van der Waals surface area contributed by atoms with Crippen LogP contribution in [0.25, 0.3) is 0 Å². The van der Waals surface area contributed by atoms with Crippen LogP contribution in [0.5, 0.6) is 11.5 Å². The topological polar surface area (TPSA) is 51.9 Å². The first kappa shape index (κ1) is 20.0. The van der Waals surface area contributed by atoms with E-state index in [1.165, 1.54) is 0 Å². The second-order valence-electron chi connectivity index (χ2n) is 6.44. The molecule has 1 heterocycles. The number of amides is 1. The summed E-state index contributed by atoms with van der Waals surface area (Å²) in [6.07, 6.45) is 0. The monoisotopic (exact) mass is 443 g/mol. The van der Waals surface area contributed by atoms with Crippen molar-refractivity contribution < 1.29 is 18.7 Å². The van der Waals surface area contributed by atoms with E-state index in [0.29, 0.717) is 34.7 Å². The number of carbonyl (C=O) groups excluding carboxylic acids is 1. The Morgan fingerprint density at radius 2 is 1.89 bits per heavy atom. The van der Waals surface area contributed by atoms with Crippen LogP contribution in [0.3, 0.4) is 0 Å².